The summed E-state index contributed by atoms with van der Waals surface area (Å²) in [5, 5.41) is 0. The van der Waals surface area contributed by atoms with Gasteiger partial charge in [-0.3, -0.25) is 0 Å². The summed E-state index contributed by atoms with van der Waals surface area (Å²) >= 11 is 0. The maximum atomic E-state index is 5.50. The molecule has 1 heteroatoms. The Morgan fingerprint density at radius 2 is 2.25 bits per heavy atom. The van der Waals surface area contributed by atoms with Crippen LogP contribution in [-0.2, 0) is 6.42 Å². The summed E-state index contributed by atoms with van der Waals surface area (Å²) < 4.78 is 5.50. The van der Waals surface area contributed by atoms with Gasteiger partial charge >= 0.3 is 0 Å². The Bertz CT molecular complexity index is 313. The molecular weight excluding hydrogens is 148 g/mol. The van der Waals surface area contributed by atoms with Crippen LogP contribution in [0.3, 0.4) is 0 Å². The molecule has 1 radical (unpaired) electrons. The minimum Gasteiger partial charge on any atom is -0.493 e. The van der Waals surface area contributed by atoms with Gasteiger partial charge in [0, 0.05) is 12.0 Å². The first-order valence-electron chi connectivity index (χ1n) is 4.53. The van der Waals surface area contributed by atoms with E-state index in [0.29, 0.717) is 0 Å². The van der Waals surface area contributed by atoms with E-state index in [4.69, 9.17) is 4.74 Å². The molecule has 12 heavy (non-hydrogen) atoms. The molecule has 0 N–H and O–H groups in total. The van der Waals surface area contributed by atoms with Crippen molar-refractivity contribution in [1.82, 2.24) is 0 Å². The average molecular weight is 159 g/mol. The van der Waals surface area contributed by atoms with Crippen LogP contribution in [0.25, 0.3) is 0 Å². The molecule has 1 atom stereocenters. The third-order valence-electron chi connectivity index (χ3n) is 2.65. The number of fused-ring (bicyclic) bond motifs is 1. The predicted molar refractivity (Wildman–Crippen MR) is 47.3 cm³/mol. The molecule has 3 rings (SSSR count). The Kier molecular flexibility index (Phi) is 1.23. The van der Waals surface area contributed by atoms with Gasteiger partial charge in [0.05, 0.1) is 6.61 Å². The number of benzene rings is 1. The fraction of sp³-hybridized carbons (Fsp3) is 0.364. The van der Waals surface area contributed by atoms with Crippen molar-refractivity contribution < 1.29 is 4.74 Å². The molecule has 0 bridgehead atoms. The van der Waals surface area contributed by atoms with E-state index in [1.165, 1.54) is 17.5 Å². The third kappa shape index (κ3) is 0.857. The Morgan fingerprint density at radius 1 is 1.33 bits per heavy atom. The molecule has 1 aliphatic carbocycles. The van der Waals surface area contributed by atoms with E-state index >= 15 is 0 Å². The molecule has 0 amide bonds. The molecule has 0 saturated heterocycles. The Balaban J connectivity index is 2.12. The zero-order valence-corrected chi connectivity index (χ0v) is 6.92. The zero-order valence-electron chi connectivity index (χ0n) is 6.92. The lowest BCUT2D eigenvalue weighted by Gasteiger charge is -2.03. The fourth-order valence-corrected chi connectivity index (χ4v) is 1.92. The van der Waals surface area contributed by atoms with Gasteiger partial charge in [-0.15, -0.1) is 0 Å². The van der Waals surface area contributed by atoms with Crippen molar-refractivity contribution in [1.29, 1.82) is 0 Å². The molecule has 1 fully saturated rings. The Hall–Kier alpha value is -0.980. The SMILES string of the molecule is [CH]1C[C@H]1c1cccc2c1CCO2. The van der Waals surface area contributed by atoms with Gasteiger partial charge in [0.25, 0.3) is 0 Å². The number of rotatable bonds is 1. The molecular formula is C11H11O. The van der Waals surface area contributed by atoms with Gasteiger partial charge in [0.15, 0.2) is 0 Å². The molecule has 2 aliphatic rings. The van der Waals surface area contributed by atoms with Crippen LogP contribution in [-0.4, -0.2) is 6.61 Å². The van der Waals surface area contributed by atoms with Crippen LogP contribution >= 0.6 is 0 Å². The van der Waals surface area contributed by atoms with Crippen LogP contribution in [0.2, 0.25) is 0 Å². The van der Waals surface area contributed by atoms with Crippen molar-refractivity contribution in [3.05, 3.63) is 35.7 Å². The highest BCUT2D eigenvalue weighted by Gasteiger charge is 2.28. The van der Waals surface area contributed by atoms with E-state index in [2.05, 4.69) is 24.6 Å². The van der Waals surface area contributed by atoms with Crippen molar-refractivity contribution in [3.8, 4) is 5.75 Å². The van der Waals surface area contributed by atoms with Crippen molar-refractivity contribution in [2.75, 3.05) is 6.61 Å². The van der Waals surface area contributed by atoms with Gasteiger partial charge in [0.1, 0.15) is 5.75 Å². The van der Waals surface area contributed by atoms with Crippen LogP contribution in [0.5, 0.6) is 5.75 Å². The second kappa shape index (κ2) is 2.25. The summed E-state index contributed by atoms with van der Waals surface area (Å²) in [6, 6.07) is 6.42. The van der Waals surface area contributed by atoms with Gasteiger partial charge in [0.2, 0.25) is 0 Å². The minimum absolute atomic E-state index is 0.738. The number of hydrogen-bond donors (Lipinski definition) is 0. The molecule has 61 valence electrons. The molecule has 0 unspecified atom stereocenters. The molecule has 0 aromatic heterocycles. The van der Waals surface area contributed by atoms with E-state index in [-0.39, 0.29) is 0 Å². The van der Waals surface area contributed by atoms with Crippen molar-refractivity contribution in [3.63, 3.8) is 0 Å². The predicted octanol–water partition coefficient (Wildman–Crippen LogP) is 2.31. The summed E-state index contributed by atoms with van der Waals surface area (Å²) in [5.41, 5.74) is 2.96. The van der Waals surface area contributed by atoms with E-state index in [9.17, 15) is 0 Å². The topological polar surface area (TPSA) is 9.23 Å². The van der Waals surface area contributed by atoms with E-state index < -0.39 is 0 Å². The number of hydrogen-bond acceptors (Lipinski definition) is 1. The van der Waals surface area contributed by atoms with E-state index in [1.54, 1.807) is 0 Å². The first-order valence-corrected chi connectivity index (χ1v) is 4.53. The van der Waals surface area contributed by atoms with Crippen molar-refractivity contribution in [2.24, 2.45) is 0 Å². The summed E-state index contributed by atoms with van der Waals surface area (Å²) in [4.78, 5) is 0. The molecule has 1 aromatic carbocycles. The van der Waals surface area contributed by atoms with Gasteiger partial charge in [-0.2, -0.15) is 0 Å². The Morgan fingerprint density at radius 3 is 3.08 bits per heavy atom. The first kappa shape index (κ1) is 6.53. The van der Waals surface area contributed by atoms with Gasteiger partial charge < -0.3 is 4.74 Å². The largest absolute Gasteiger partial charge is 0.493 e. The monoisotopic (exact) mass is 159 g/mol. The van der Waals surface area contributed by atoms with Crippen molar-refractivity contribution >= 4 is 0 Å². The lowest BCUT2D eigenvalue weighted by atomic mass is 10.0. The molecule has 1 nitrogen and oxygen atoms in total. The maximum Gasteiger partial charge on any atom is 0.122 e. The lowest BCUT2D eigenvalue weighted by Crippen LogP contribution is -1.88. The van der Waals surface area contributed by atoms with Crippen LogP contribution < -0.4 is 4.74 Å². The van der Waals surface area contributed by atoms with Crippen LogP contribution in [0.15, 0.2) is 18.2 Å². The molecule has 1 aromatic rings. The second-order valence-electron chi connectivity index (χ2n) is 3.50. The van der Waals surface area contributed by atoms with Crippen LogP contribution in [0, 0.1) is 6.42 Å². The average Bonchev–Trinajstić information content (AvgIpc) is 2.82. The van der Waals surface area contributed by atoms with Gasteiger partial charge in [-0.05, 0) is 30.4 Å². The first-order chi connectivity index (χ1) is 5.95. The van der Waals surface area contributed by atoms with Gasteiger partial charge in [-0.25, -0.2) is 0 Å². The summed E-state index contributed by atoms with van der Waals surface area (Å²) in [6.45, 7) is 0.874. The fourth-order valence-electron chi connectivity index (χ4n) is 1.92. The van der Waals surface area contributed by atoms with Crippen molar-refractivity contribution in [2.45, 2.75) is 18.8 Å². The highest BCUT2D eigenvalue weighted by Crippen LogP contribution is 2.43. The highest BCUT2D eigenvalue weighted by molar-refractivity contribution is 5.47. The minimum atomic E-state index is 0.738. The standard InChI is InChI=1S/C11H11O/c1-2-9(8-4-5-8)10-6-7-12-11(10)3-1/h1-4,8H,5-7H2/t8-/m0/s1. The smallest absolute Gasteiger partial charge is 0.122 e. The Labute approximate surface area is 72.4 Å². The summed E-state index contributed by atoms with van der Waals surface area (Å²) in [7, 11) is 0. The van der Waals surface area contributed by atoms with E-state index in [1.807, 2.05) is 0 Å². The normalized spacial score (nSPS) is 20.3. The number of ether oxygens (including phenoxy) is 1. The maximum absolute atomic E-state index is 5.50. The van der Waals surface area contributed by atoms with Gasteiger partial charge in [-0.1, -0.05) is 12.1 Å². The molecule has 1 aliphatic heterocycles. The zero-order chi connectivity index (χ0) is 7.97. The lowest BCUT2D eigenvalue weighted by molar-refractivity contribution is 0.357. The molecule has 1 heterocycles. The molecule has 0 spiro atoms. The van der Waals surface area contributed by atoms with Crippen LogP contribution in [0.1, 0.15) is 23.5 Å². The summed E-state index contributed by atoms with van der Waals surface area (Å²) in [5.74, 6) is 1.86. The summed E-state index contributed by atoms with van der Waals surface area (Å²) in [6.07, 6.45) is 4.72. The quantitative estimate of drug-likeness (QED) is 0.611. The third-order valence-corrected chi connectivity index (χ3v) is 2.65. The van der Waals surface area contributed by atoms with Crippen LogP contribution in [0.4, 0.5) is 0 Å². The second-order valence-corrected chi connectivity index (χ2v) is 3.50. The molecule has 1 saturated carbocycles. The van der Waals surface area contributed by atoms with E-state index in [0.717, 1.165) is 24.7 Å². The highest BCUT2D eigenvalue weighted by atomic mass is 16.5.